The monoisotopic (exact) mass is 278 g/mol. The summed E-state index contributed by atoms with van der Waals surface area (Å²) in [5, 5.41) is 4.45. The maximum absolute atomic E-state index is 13.1. The van der Waals surface area contributed by atoms with Gasteiger partial charge in [-0.2, -0.15) is 0 Å². The van der Waals surface area contributed by atoms with E-state index in [1.807, 2.05) is 18.2 Å². The quantitative estimate of drug-likeness (QED) is 0.726. The van der Waals surface area contributed by atoms with Crippen LogP contribution in [-0.4, -0.2) is 4.98 Å². The average Bonchev–Trinajstić information content (AvgIpc) is 2.73. The fraction of sp³-hybridized carbons (Fsp3) is 0. The molecule has 1 aromatic heterocycles. The van der Waals surface area contributed by atoms with Gasteiger partial charge in [0.15, 0.2) is 5.13 Å². The number of nitrogens with zero attached hydrogens (tertiary/aromatic N) is 1. The average molecular weight is 279 g/mol. The molecule has 0 bridgehead atoms. The molecule has 0 amide bonds. The smallest absolute Gasteiger partial charge is 0.188 e. The van der Waals surface area contributed by atoms with Crippen molar-refractivity contribution in [3.05, 3.63) is 53.3 Å². The number of halogens is 2. The number of anilines is 2. The fourth-order valence-corrected chi connectivity index (χ4v) is 2.83. The Labute approximate surface area is 112 Å². The minimum absolute atomic E-state index is 0.279. The second kappa shape index (κ2) is 4.55. The Morgan fingerprint density at radius 3 is 2.78 bits per heavy atom. The normalized spacial score (nSPS) is 10.8. The second-order valence-electron chi connectivity index (χ2n) is 3.74. The van der Waals surface area contributed by atoms with Crippen LogP contribution in [0.1, 0.15) is 0 Å². The molecule has 0 radical (unpaired) electrons. The first-order valence-corrected chi connectivity index (χ1v) is 6.49. The Hall–Kier alpha value is -1.65. The van der Waals surface area contributed by atoms with Gasteiger partial charge < -0.3 is 5.32 Å². The maximum atomic E-state index is 13.1. The number of nitrogens with one attached hydrogen (secondary N) is 1. The van der Waals surface area contributed by atoms with Gasteiger partial charge in [0.05, 0.1) is 15.2 Å². The molecular formula is C13H8ClFN2S. The van der Waals surface area contributed by atoms with E-state index >= 15 is 0 Å². The molecular weight excluding hydrogens is 271 g/mol. The molecule has 18 heavy (non-hydrogen) atoms. The first-order chi connectivity index (χ1) is 8.72. The first kappa shape index (κ1) is 11.4. The molecule has 0 aliphatic heterocycles. The summed E-state index contributed by atoms with van der Waals surface area (Å²) in [7, 11) is 0. The molecule has 0 aliphatic rings. The highest BCUT2D eigenvalue weighted by molar-refractivity contribution is 7.22. The third-order valence-electron chi connectivity index (χ3n) is 2.44. The van der Waals surface area contributed by atoms with Crippen LogP contribution in [0.3, 0.4) is 0 Å². The predicted octanol–water partition coefficient (Wildman–Crippen LogP) is 4.83. The Morgan fingerprint density at radius 1 is 1.17 bits per heavy atom. The van der Waals surface area contributed by atoms with Crippen molar-refractivity contribution < 1.29 is 4.39 Å². The molecule has 1 N–H and O–H groups in total. The number of hydrogen-bond donors (Lipinski definition) is 1. The maximum Gasteiger partial charge on any atom is 0.188 e. The lowest BCUT2D eigenvalue weighted by Crippen LogP contribution is -1.89. The highest BCUT2D eigenvalue weighted by Gasteiger charge is 2.06. The lowest BCUT2D eigenvalue weighted by atomic mass is 10.3. The van der Waals surface area contributed by atoms with Crippen molar-refractivity contribution in [2.24, 2.45) is 0 Å². The third-order valence-corrected chi connectivity index (χ3v) is 3.89. The van der Waals surface area contributed by atoms with E-state index in [0.29, 0.717) is 15.8 Å². The summed E-state index contributed by atoms with van der Waals surface area (Å²) in [4.78, 5) is 4.40. The Morgan fingerprint density at radius 2 is 2.00 bits per heavy atom. The van der Waals surface area contributed by atoms with E-state index < -0.39 is 0 Å². The van der Waals surface area contributed by atoms with Crippen molar-refractivity contribution in [1.82, 2.24) is 4.98 Å². The largest absolute Gasteiger partial charge is 0.331 e. The summed E-state index contributed by atoms with van der Waals surface area (Å²) in [5.74, 6) is -0.279. The molecule has 0 saturated heterocycles. The van der Waals surface area contributed by atoms with Gasteiger partial charge in [-0.05, 0) is 30.3 Å². The topological polar surface area (TPSA) is 24.9 Å². The lowest BCUT2D eigenvalue weighted by molar-refractivity contribution is 0.628. The first-order valence-electron chi connectivity index (χ1n) is 5.30. The minimum atomic E-state index is -0.279. The Kier molecular flexibility index (Phi) is 2.89. The van der Waals surface area contributed by atoms with Crippen molar-refractivity contribution in [3.63, 3.8) is 0 Å². The zero-order valence-corrected chi connectivity index (χ0v) is 10.7. The zero-order valence-electron chi connectivity index (χ0n) is 9.15. The molecule has 3 aromatic rings. The van der Waals surface area contributed by atoms with E-state index in [2.05, 4.69) is 10.3 Å². The Balaban J connectivity index is 1.98. The van der Waals surface area contributed by atoms with Crippen LogP contribution >= 0.6 is 22.9 Å². The van der Waals surface area contributed by atoms with Gasteiger partial charge in [0.1, 0.15) is 5.82 Å². The van der Waals surface area contributed by atoms with Crippen LogP contribution < -0.4 is 5.32 Å². The van der Waals surface area contributed by atoms with Gasteiger partial charge in [0.25, 0.3) is 0 Å². The van der Waals surface area contributed by atoms with Crippen LogP contribution in [0.2, 0.25) is 5.02 Å². The summed E-state index contributed by atoms with van der Waals surface area (Å²) in [6.07, 6.45) is 0. The van der Waals surface area contributed by atoms with Gasteiger partial charge >= 0.3 is 0 Å². The van der Waals surface area contributed by atoms with Crippen molar-refractivity contribution in [2.75, 3.05) is 5.32 Å². The highest BCUT2D eigenvalue weighted by atomic mass is 35.5. The molecule has 3 rings (SSSR count). The minimum Gasteiger partial charge on any atom is -0.331 e. The van der Waals surface area contributed by atoms with Gasteiger partial charge in [0, 0.05) is 5.69 Å². The number of benzene rings is 2. The number of rotatable bonds is 2. The third kappa shape index (κ3) is 2.17. The summed E-state index contributed by atoms with van der Waals surface area (Å²) in [5.41, 5.74) is 1.51. The number of thiazole rings is 1. The molecule has 5 heteroatoms. The van der Waals surface area contributed by atoms with Gasteiger partial charge in [-0.3, -0.25) is 0 Å². The lowest BCUT2D eigenvalue weighted by Gasteiger charge is -2.01. The van der Waals surface area contributed by atoms with Crippen molar-refractivity contribution in [2.45, 2.75) is 0 Å². The van der Waals surface area contributed by atoms with Gasteiger partial charge in [-0.25, -0.2) is 9.37 Å². The molecule has 0 unspecified atom stereocenters. The number of hydrogen-bond acceptors (Lipinski definition) is 3. The molecule has 0 atom stereocenters. The van der Waals surface area contributed by atoms with Gasteiger partial charge in [0.2, 0.25) is 0 Å². The molecule has 2 aromatic carbocycles. The molecule has 2 nitrogen and oxygen atoms in total. The van der Waals surface area contributed by atoms with Gasteiger partial charge in [-0.15, -0.1) is 0 Å². The molecule has 0 saturated carbocycles. The van der Waals surface area contributed by atoms with Crippen molar-refractivity contribution >= 4 is 44.0 Å². The number of aromatic nitrogens is 1. The van der Waals surface area contributed by atoms with Crippen molar-refractivity contribution in [1.29, 1.82) is 0 Å². The van der Waals surface area contributed by atoms with Crippen LogP contribution in [0, 0.1) is 5.82 Å². The molecule has 0 fully saturated rings. The van der Waals surface area contributed by atoms with Crippen molar-refractivity contribution in [3.8, 4) is 0 Å². The molecule has 1 heterocycles. The van der Waals surface area contributed by atoms with Crippen LogP contribution in [0.15, 0.2) is 42.5 Å². The molecule has 0 spiro atoms. The zero-order chi connectivity index (χ0) is 12.5. The number of fused-ring (bicyclic) bond motifs is 1. The summed E-state index contributed by atoms with van der Waals surface area (Å²) < 4.78 is 14.0. The Bertz CT molecular complexity index is 711. The SMILES string of the molecule is Fc1cccc(Nc2nc3cccc(Cl)c3s2)c1. The molecule has 90 valence electrons. The van der Waals surface area contributed by atoms with E-state index in [1.54, 1.807) is 12.1 Å². The van der Waals surface area contributed by atoms with Crippen LogP contribution in [0.25, 0.3) is 10.2 Å². The van der Waals surface area contributed by atoms with E-state index in [-0.39, 0.29) is 5.82 Å². The summed E-state index contributed by atoms with van der Waals surface area (Å²) in [6, 6.07) is 11.8. The highest BCUT2D eigenvalue weighted by Crippen LogP contribution is 2.33. The van der Waals surface area contributed by atoms with E-state index in [4.69, 9.17) is 11.6 Å². The van der Waals surface area contributed by atoms with Crippen LogP contribution in [0.4, 0.5) is 15.2 Å². The van der Waals surface area contributed by atoms with Crippen LogP contribution in [0.5, 0.6) is 0 Å². The standard InChI is InChI=1S/C13H8ClFN2S/c14-10-5-2-6-11-12(10)18-13(17-11)16-9-4-1-3-8(15)7-9/h1-7H,(H,16,17). The fourth-order valence-electron chi connectivity index (χ4n) is 1.66. The van der Waals surface area contributed by atoms with Crippen LogP contribution in [-0.2, 0) is 0 Å². The second-order valence-corrected chi connectivity index (χ2v) is 5.15. The van der Waals surface area contributed by atoms with E-state index in [9.17, 15) is 4.39 Å². The molecule has 0 aliphatic carbocycles. The summed E-state index contributed by atoms with van der Waals surface area (Å²) in [6.45, 7) is 0. The summed E-state index contributed by atoms with van der Waals surface area (Å²) >= 11 is 7.53. The van der Waals surface area contributed by atoms with Gasteiger partial charge in [-0.1, -0.05) is 35.1 Å². The van der Waals surface area contributed by atoms with E-state index in [1.165, 1.54) is 23.5 Å². The van der Waals surface area contributed by atoms with E-state index in [0.717, 1.165) is 10.2 Å². The predicted molar refractivity (Wildman–Crippen MR) is 74.3 cm³/mol.